The number of anilines is 2. The summed E-state index contributed by atoms with van der Waals surface area (Å²) in [5.41, 5.74) is 3.49. The molecule has 6 nitrogen and oxygen atoms in total. The number of rotatable bonds is 7. The molecule has 0 radical (unpaired) electrons. The van der Waals surface area contributed by atoms with Crippen LogP contribution in [0.3, 0.4) is 0 Å². The van der Waals surface area contributed by atoms with Gasteiger partial charge in [0.2, 0.25) is 11.8 Å². The summed E-state index contributed by atoms with van der Waals surface area (Å²) in [6, 6.07) is 13.1. The van der Waals surface area contributed by atoms with Crippen LogP contribution in [0.4, 0.5) is 11.4 Å². The zero-order valence-electron chi connectivity index (χ0n) is 18.4. The van der Waals surface area contributed by atoms with Crippen LogP contribution in [0, 0.1) is 25.7 Å². The molecule has 3 unspecified atom stereocenters. The van der Waals surface area contributed by atoms with E-state index in [1.54, 1.807) is 12.1 Å². The van der Waals surface area contributed by atoms with Crippen molar-refractivity contribution in [2.75, 3.05) is 10.6 Å². The molecule has 0 saturated carbocycles. The van der Waals surface area contributed by atoms with E-state index in [4.69, 9.17) is 0 Å². The van der Waals surface area contributed by atoms with E-state index < -0.39 is 17.8 Å². The predicted octanol–water partition coefficient (Wildman–Crippen LogP) is 5.03. The number of aryl methyl sites for hydroxylation is 2. The third-order valence-electron chi connectivity index (χ3n) is 5.62. The van der Waals surface area contributed by atoms with E-state index in [1.807, 2.05) is 63.3 Å². The minimum absolute atomic E-state index is 0.0742. The van der Waals surface area contributed by atoms with Gasteiger partial charge in [-0.1, -0.05) is 30.4 Å². The summed E-state index contributed by atoms with van der Waals surface area (Å²) >= 11 is 1.43. The van der Waals surface area contributed by atoms with Gasteiger partial charge in [0, 0.05) is 16.3 Å². The van der Waals surface area contributed by atoms with Crippen LogP contribution in [0.15, 0.2) is 59.5 Å². The Hall–Kier alpha value is -3.06. The number of para-hydroxylation sites is 1. The summed E-state index contributed by atoms with van der Waals surface area (Å²) in [4.78, 5) is 37.6. The largest absolute Gasteiger partial charge is 0.481 e. The van der Waals surface area contributed by atoms with Crippen molar-refractivity contribution >= 4 is 40.9 Å². The Morgan fingerprint density at radius 3 is 2.12 bits per heavy atom. The van der Waals surface area contributed by atoms with Gasteiger partial charge in [0.15, 0.2) is 0 Å². The fourth-order valence-corrected chi connectivity index (χ4v) is 4.59. The van der Waals surface area contributed by atoms with Gasteiger partial charge < -0.3 is 15.7 Å². The van der Waals surface area contributed by atoms with Crippen molar-refractivity contribution in [3.05, 3.63) is 65.7 Å². The number of carbonyl (C=O) groups is 3. The van der Waals surface area contributed by atoms with E-state index in [-0.39, 0.29) is 17.1 Å². The number of nitrogens with one attached hydrogen (secondary N) is 2. The molecule has 0 spiro atoms. The number of carboxylic acids is 1. The van der Waals surface area contributed by atoms with Gasteiger partial charge in [-0.25, -0.2) is 0 Å². The maximum Gasteiger partial charge on any atom is 0.307 e. The zero-order valence-corrected chi connectivity index (χ0v) is 19.2. The van der Waals surface area contributed by atoms with Gasteiger partial charge in [-0.3, -0.25) is 14.4 Å². The quantitative estimate of drug-likeness (QED) is 0.405. The Bertz CT molecular complexity index is 1010. The molecule has 3 atom stereocenters. The molecule has 7 heteroatoms. The Balaban J connectivity index is 1.58. The monoisotopic (exact) mass is 452 g/mol. The number of hydrogen-bond donors (Lipinski definition) is 3. The SMILES string of the molecule is Cc1cccc(C)c1NC(=O)C(C)Sc1ccc(NC(=O)C2CC=CCC2C(=O)O)cc1. The lowest BCUT2D eigenvalue weighted by Crippen LogP contribution is -2.34. The first-order chi connectivity index (χ1) is 15.3. The predicted molar refractivity (Wildman–Crippen MR) is 128 cm³/mol. The van der Waals surface area contributed by atoms with Crippen molar-refractivity contribution in [1.29, 1.82) is 0 Å². The lowest BCUT2D eigenvalue weighted by Gasteiger charge is -2.24. The number of amides is 2. The summed E-state index contributed by atoms with van der Waals surface area (Å²) in [7, 11) is 0. The average molecular weight is 453 g/mol. The smallest absolute Gasteiger partial charge is 0.307 e. The summed E-state index contributed by atoms with van der Waals surface area (Å²) in [6.45, 7) is 5.79. The fourth-order valence-electron chi connectivity index (χ4n) is 3.72. The molecular weight excluding hydrogens is 424 g/mol. The van der Waals surface area contributed by atoms with Crippen molar-refractivity contribution in [2.45, 2.75) is 43.8 Å². The maximum absolute atomic E-state index is 12.7. The van der Waals surface area contributed by atoms with Crippen LogP contribution in [-0.2, 0) is 14.4 Å². The molecule has 0 fully saturated rings. The molecule has 2 aromatic carbocycles. The Kier molecular flexibility index (Phi) is 7.75. The number of aliphatic carboxylic acids is 1. The molecule has 2 amide bonds. The molecule has 168 valence electrons. The standard InChI is InChI=1S/C25H28N2O4S/c1-15-7-6-8-16(2)22(15)27-23(28)17(3)32-19-13-11-18(12-14-19)26-24(29)20-9-4-5-10-21(20)25(30)31/h4-8,11-14,17,20-21H,9-10H2,1-3H3,(H,26,29)(H,27,28)(H,30,31). The number of allylic oxidation sites excluding steroid dienone is 2. The zero-order chi connectivity index (χ0) is 23.3. The van der Waals surface area contributed by atoms with E-state index in [0.29, 0.717) is 18.5 Å². The van der Waals surface area contributed by atoms with Crippen LogP contribution in [0.1, 0.15) is 30.9 Å². The summed E-state index contributed by atoms with van der Waals surface area (Å²) < 4.78 is 0. The molecule has 0 saturated heterocycles. The van der Waals surface area contributed by atoms with E-state index >= 15 is 0 Å². The van der Waals surface area contributed by atoms with Gasteiger partial charge in [0.05, 0.1) is 17.1 Å². The summed E-state index contributed by atoms with van der Waals surface area (Å²) in [6.07, 6.45) is 4.45. The molecule has 1 aliphatic rings. The van der Waals surface area contributed by atoms with Gasteiger partial charge >= 0.3 is 5.97 Å². The van der Waals surface area contributed by atoms with Crippen LogP contribution >= 0.6 is 11.8 Å². The first kappa shape index (κ1) is 23.6. The number of thioether (sulfide) groups is 1. The highest BCUT2D eigenvalue weighted by atomic mass is 32.2. The van der Waals surface area contributed by atoms with Gasteiger partial charge in [-0.2, -0.15) is 0 Å². The Morgan fingerprint density at radius 2 is 1.53 bits per heavy atom. The molecule has 0 aromatic heterocycles. The van der Waals surface area contributed by atoms with Crippen LogP contribution in [-0.4, -0.2) is 28.1 Å². The van der Waals surface area contributed by atoms with Gasteiger partial charge in [0.25, 0.3) is 0 Å². The fraction of sp³-hybridized carbons (Fsp3) is 0.320. The van der Waals surface area contributed by atoms with Gasteiger partial charge in [-0.15, -0.1) is 11.8 Å². The Labute approximate surface area is 192 Å². The second-order valence-electron chi connectivity index (χ2n) is 8.02. The molecule has 2 aromatic rings. The molecular formula is C25H28N2O4S. The van der Waals surface area contributed by atoms with Gasteiger partial charge in [-0.05, 0) is 69.0 Å². The van der Waals surface area contributed by atoms with E-state index in [1.165, 1.54) is 11.8 Å². The average Bonchev–Trinajstić information content (AvgIpc) is 2.77. The molecule has 1 aliphatic carbocycles. The van der Waals surface area contributed by atoms with Crippen molar-refractivity contribution in [3.8, 4) is 0 Å². The van der Waals surface area contributed by atoms with Crippen molar-refractivity contribution in [2.24, 2.45) is 11.8 Å². The van der Waals surface area contributed by atoms with Crippen LogP contribution in [0.2, 0.25) is 0 Å². The molecule has 0 aliphatic heterocycles. The number of hydrogen-bond acceptors (Lipinski definition) is 4. The second kappa shape index (κ2) is 10.5. The molecule has 0 heterocycles. The first-order valence-corrected chi connectivity index (χ1v) is 11.5. The van der Waals surface area contributed by atoms with Crippen molar-refractivity contribution in [1.82, 2.24) is 0 Å². The third kappa shape index (κ3) is 5.79. The topological polar surface area (TPSA) is 95.5 Å². The molecule has 3 N–H and O–H groups in total. The first-order valence-electron chi connectivity index (χ1n) is 10.6. The molecule has 3 rings (SSSR count). The molecule has 32 heavy (non-hydrogen) atoms. The maximum atomic E-state index is 12.7. The highest BCUT2D eigenvalue weighted by Gasteiger charge is 2.33. The minimum Gasteiger partial charge on any atom is -0.481 e. The second-order valence-corrected chi connectivity index (χ2v) is 9.44. The van der Waals surface area contributed by atoms with Crippen molar-refractivity contribution < 1.29 is 19.5 Å². The van der Waals surface area contributed by atoms with Crippen molar-refractivity contribution in [3.63, 3.8) is 0 Å². The van der Waals surface area contributed by atoms with E-state index in [2.05, 4.69) is 10.6 Å². The minimum atomic E-state index is -0.950. The molecule has 0 bridgehead atoms. The van der Waals surface area contributed by atoms with Gasteiger partial charge in [0.1, 0.15) is 0 Å². The number of carbonyl (C=O) groups excluding carboxylic acids is 2. The van der Waals surface area contributed by atoms with Crippen LogP contribution in [0.5, 0.6) is 0 Å². The van der Waals surface area contributed by atoms with E-state index in [0.717, 1.165) is 21.7 Å². The summed E-state index contributed by atoms with van der Waals surface area (Å²) in [5, 5.41) is 14.9. The third-order valence-corrected chi connectivity index (χ3v) is 6.73. The normalized spacial score (nSPS) is 18.6. The summed E-state index contributed by atoms with van der Waals surface area (Å²) in [5.74, 6) is -2.60. The van der Waals surface area contributed by atoms with E-state index in [9.17, 15) is 19.5 Å². The lowest BCUT2D eigenvalue weighted by atomic mass is 9.82. The number of benzene rings is 2. The number of carboxylic acid groups (broad SMARTS) is 1. The highest BCUT2D eigenvalue weighted by Crippen LogP contribution is 2.29. The lowest BCUT2D eigenvalue weighted by molar-refractivity contribution is -0.146. The van der Waals surface area contributed by atoms with Crippen LogP contribution in [0.25, 0.3) is 0 Å². The Morgan fingerprint density at radius 1 is 0.938 bits per heavy atom. The highest BCUT2D eigenvalue weighted by molar-refractivity contribution is 8.00. The van der Waals surface area contributed by atoms with Crippen LogP contribution < -0.4 is 10.6 Å².